The Morgan fingerprint density at radius 3 is 1.65 bits per heavy atom. The summed E-state index contributed by atoms with van der Waals surface area (Å²) < 4.78 is 0. The molecule has 0 spiro atoms. The summed E-state index contributed by atoms with van der Waals surface area (Å²) in [6, 6.07) is 5.19. The topological polar surface area (TPSA) is 95.0 Å². The Kier molecular flexibility index (Phi) is 4.58. The number of hydrogen-bond donors (Lipinski definition) is 1. The quantitative estimate of drug-likeness (QED) is 0.806. The average molecular weight is 278 g/mol. The first-order valence-corrected chi connectivity index (χ1v) is 5.68. The lowest BCUT2D eigenvalue weighted by molar-refractivity contribution is -0.155. The number of hydrogen-bond acceptors (Lipinski definition) is 4. The molecule has 0 aromatic heterocycles. The van der Waals surface area contributed by atoms with E-state index in [1.165, 1.54) is 45.2 Å². The number of hydrazine groups is 1. The predicted molar refractivity (Wildman–Crippen MR) is 68.7 cm³/mol. The van der Waals surface area contributed by atoms with Gasteiger partial charge in [-0.3, -0.25) is 14.4 Å². The molecule has 0 bridgehead atoms. The average Bonchev–Trinajstić information content (AvgIpc) is 2.37. The number of carboxylic acids is 1. The number of carbonyl (C=O) groups is 4. The van der Waals surface area contributed by atoms with Crippen LogP contribution >= 0.6 is 0 Å². The van der Waals surface area contributed by atoms with E-state index in [2.05, 4.69) is 0 Å². The normalized spacial score (nSPS) is 9.75. The van der Waals surface area contributed by atoms with Crippen molar-refractivity contribution >= 4 is 23.7 Å². The lowest BCUT2D eigenvalue weighted by Crippen LogP contribution is -2.49. The second-order valence-electron chi connectivity index (χ2n) is 4.06. The van der Waals surface area contributed by atoms with Gasteiger partial charge in [0.2, 0.25) is 11.8 Å². The zero-order valence-corrected chi connectivity index (χ0v) is 11.3. The van der Waals surface area contributed by atoms with Crippen molar-refractivity contribution in [1.82, 2.24) is 10.0 Å². The lowest BCUT2D eigenvalue weighted by atomic mass is 10.1. The molecule has 0 unspecified atom stereocenters. The SMILES string of the molecule is CC(=O)N(C(C)=O)N(C)C(=O)c1ccc(C(=O)O)cc1. The third-order valence-electron chi connectivity index (χ3n) is 2.57. The fourth-order valence-electron chi connectivity index (χ4n) is 1.68. The predicted octanol–water partition coefficient (Wildman–Crippen LogP) is 0.767. The van der Waals surface area contributed by atoms with Gasteiger partial charge in [0.25, 0.3) is 5.91 Å². The first kappa shape index (κ1) is 15.4. The Balaban J connectivity index is 3.01. The molecule has 1 aromatic carbocycles. The largest absolute Gasteiger partial charge is 0.478 e. The Bertz CT molecular complexity index is 551. The summed E-state index contributed by atoms with van der Waals surface area (Å²) in [6.07, 6.45) is 0. The van der Waals surface area contributed by atoms with Crippen LogP contribution in [0.1, 0.15) is 34.6 Å². The van der Waals surface area contributed by atoms with Crippen LogP contribution in [0.5, 0.6) is 0 Å². The van der Waals surface area contributed by atoms with Gasteiger partial charge in [0.05, 0.1) is 5.56 Å². The van der Waals surface area contributed by atoms with E-state index in [0.29, 0.717) is 5.01 Å². The summed E-state index contributed by atoms with van der Waals surface area (Å²) in [5.74, 6) is -2.87. The van der Waals surface area contributed by atoms with Crippen molar-refractivity contribution in [2.45, 2.75) is 13.8 Å². The third kappa shape index (κ3) is 3.19. The highest BCUT2D eigenvalue weighted by Gasteiger charge is 2.24. The molecule has 3 amide bonds. The molecular formula is C13H14N2O5. The minimum absolute atomic E-state index is 0.0409. The van der Waals surface area contributed by atoms with Gasteiger partial charge in [-0.2, -0.15) is 5.01 Å². The molecule has 1 N–H and O–H groups in total. The Morgan fingerprint density at radius 2 is 1.30 bits per heavy atom. The number of nitrogens with zero attached hydrogens (tertiary/aromatic N) is 2. The van der Waals surface area contributed by atoms with Crippen molar-refractivity contribution in [1.29, 1.82) is 0 Å². The second kappa shape index (κ2) is 5.96. The van der Waals surface area contributed by atoms with Gasteiger partial charge >= 0.3 is 5.97 Å². The summed E-state index contributed by atoms with van der Waals surface area (Å²) in [5.41, 5.74) is 0.212. The number of amides is 3. The van der Waals surface area contributed by atoms with E-state index in [0.717, 1.165) is 5.01 Å². The van der Waals surface area contributed by atoms with Gasteiger partial charge < -0.3 is 5.11 Å². The maximum absolute atomic E-state index is 12.1. The van der Waals surface area contributed by atoms with Crippen LogP contribution in [0.2, 0.25) is 0 Å². The summed E-state index contributed by atoms with van der Waals surface area (Å²) in [5, 5.41) is 10.4. The molecule has 1 aromatic rings. The standard InChI is InChI=1S/C13H14N2O5/c1-8(16)15(9(2)17)14(3)12(18)10-4-6-11(7-5-10)13(19)20/h4-7H,1-3H3,(H,19,20). The number of benzene rings is 1. The Labute approximate surface area is 115 Å². The molecule has 106 valence electrons. The minimum Gasteiger partial charge on any atom is -0.478 e. The molecule has 0 aliphatic carbocycles. The molecular weight excluding hydrogens is 264 g/mol. The van der Waals surface area contributed by atoms with Crippen molar-refractivity contribution < 1.29 is 24.3 Å². The smallest absolute Gasteiger partial charge is 0.335 e. The first-order chi connectivity index (χ1) is 9.25. The fraction of sp³-hybridized carbons (Fsp3) is 0.231. The molecule has 20 heavy (non-hydrogen) atoms. The fourth-order valence-corrected chi connectivity index (χ4v) is 1.68. The van der Waals surface area contributed by atoms with Crippen LogP contribution in [0.15, 0.2) is 24.3 Å². The maximum atomic E-state index is 12.1. The van der Waals surface area contributed by atoms with E-state index >= 15 is 0 Å². The van der Waals surface area contributed by atoms with Gasteiger partial charge in [0.1, 0.15) is 0 Å². The highest BCUT2D eigenvalue weighted by molar-refractivity contribution is 6.00. The van der Waals surface area contributed by atoms with Crippen LogP contribution < -0.4 is 0 Å². The van der Waals surface area contributed by atoms with E-state index in [1.807, 2.05) is 0 Å². The molecule has 1 rings (SSSR count). The van der Waals surface area contributed by atoms with Gasteiger partial charge in [0.15, 0.2) is 0 Å². The van der Waals surface area contributed by atoms with Crippen LogP contribution in [-0.2, 0) is 9.59 Å². The van der Waals surface area contributed by atoms with Crippen molar-refractivity contribution in [3.63, 3.8) is 0 Å². The Hall–Kier alpha value is -2.70. The van der Waals surface area contributed by atoms with E-state index in [9.17, 15) is 19.2 Å². The van der Waals surface area contributed by atoms with Crippen molar-refractivity contribution in [3.8, 4) is 0 Å². The molecule has 0 heterocycles. The molecule has 0 aliphatic rings. The zero-order chi connectivity index (χ0) is 15.4. The molecule has 0 saturated heterocycles. The van der Waals surface area contributed by atoms with Crippen molar-refractivity contribution in [2.24, 2.45) is 0 Å². The van der Waals surface area contributed by atoms with Crippen LogP contribution in [0.4, 0.5) is 0 Å². The van der Waals surface area contributed by atoms with Gasteiger partial charge in [-0.1, -0.05) is 0 Å². The summed E-state index contributed by atoms with van der Waals surface area (Å²) in [7, 11) is 1.29. The van der Waals surface area contributed by atoms with Gasteiger partial charge in [-0.15, -0.1) is 0 Å². The molecule has 7 nitrogen and oxygen atoms in total. The number of imide groups is 1. The van der Waals surface area contributed by atoms with Gasteiger partial charge in [-0.05, 0) is 24.3 Å². The van der Waals surface area contributed by atoms with E-state index < -0.39 is 23.7 Å². The monoisotopic (exact) mass is 278 g/mol. The minimum atomic E-state index is -1.11. The first-order valence-electron chi connectivity index (χ1n) is 5.68. The number of carbonyl (C=O) groups excluding carboxylic acids is 3. The summed E-state index contributed by atoms with van der Waals surface area (Å²) in [4.78, 5) is 45.5. The summed E-state index contributed by atoms with van der Waals surface area (Å²) in [6.45, 7) is 2.33. The van der Waals surface area contributed by atoms with E-state index in [-0.39, 0.29) is 11.1 Å². The van der Waals surface area contributed by atoms with Crippen LogP contribution in [-0.4, -0.2) is 45.9 Å². The summed E-state index contributed by atoms with van der Waals surface area (Å²) >= 11 is 0. The highest BCUT2D eigenvalue weighted by Crippen LogP contribution is 2.09. The molecule has 7 heteroatoms. The maximum Gasteiger partial charge on any atom is 0.335 e. The highest BCUT2D eigenvalue weighted by atomic mass is 16.4. The molecule has 0 saturated carbocycles. The number of carboxylic acid groups (broad SMARTS) is 1. The zero-order valence-electron chi connectivity index (χ0n) is 11.3. The number of aromatic carboxylic acids is 1. The van der Waals surface area contributed by atoms with Crippen LogP contribution in [0.3, 0.4) is 0 Å². The van der Waals surface area contributed by atoms with Crippen molar-refractivity contribution in [3.05, 3.63) is 35.4 Å². The van der Waals surface area contributed by atoms with Gasteiger partial charge in [-0.25, -0.2) is 9.80 Å². The second-order valence-corrected chi connectivity index (χ2v) is 4.06. The van der Waals surface area contributed by atoms with Gasteiger partial charge in [0, 0.05) is 26.5 Å². The van der Waals surface area contributed by atoms with Crippen LogP contribution in [0.25, 0.3) is 0 Å². The third-order valence-corrected chi connectivity index (χ3v) is 2.57. The molecule has 0 aliphatic heterocycles. The van der Waals surface area contributed by atoms with Crippen LogP contribution in [0, 0.1) is 0 Å². The van der Waals surface area contributed by atoms with Crippen molar-refractivity contribution in [2.75, 3.05) is 7.05 Å². The molecule has 0 fully saturated rings. The molecule has 0 atom stereocenters. The van der Waals surface area contributed by atoms with E-state index in [1.54, 1.807) is 0 Å². The number of rotatable bonds is 2. The Morgan fingerprint density at radius 1 is 0.900 bits per heavy atom. The van der Waals surface area contributed by atoms with E-state index in [4.69, 9.17) is 5.11 Å². The molecule has 0 radical (unpaired) electrons. The lowest BCUT2D eigenvalue weighted by Gasteiger charge is -2.28.